The van der Waals surface area contributed by atoms with Crippen molar-refractivity contribution in [1.82, 2.24) is 9.97 Å². The van der Waals surface area contributed by atoms with Crippen LogP contribution < -0.4 is 4.74 Å². The lowest BCUT2D eigenvalue weighted by atomic mass is 10.2. The van der Waals surface area contributed by atoms with Gasteiger partial charge in [0, 0.05) is 11.3 Å². The lowest BCUT2D eigenvalue weighted by Crippen LogP contribution is -2.24. The molecule has 2 rings (SSSR count). The van der Waals surface area contributed by atoms with Gasteiger partial charge in [0.25, 0.3) is 0 Å². The molecule has 0 aliphatic rings. The SMILES string of the molecule is COc1cccc(-c2nc(C(=O)OC(C)(C)C)c(C)[nH]2)c1. The zero-order chi connectivity index (χ0) is 15.6. The second kappa shape index (κ2) is 5.60. The Bertz CT molecular complexity index is 654. The van der Waals surface area contributed by atoms with E-state index in [9.17, 15) is 4.79 Å². The molecule has 0 atom stereocenters. The van der Waals surface area contributed by atoms with Crippen LogP contribution in [0.1, 0.15) is 37.0 Å². The van der Waals surface area contributed by atoms with Crippen LogP contribution in [0.2, 0.25) is 0 Å². The average molecular weight is 288 g/mol. The number of H-pyrrole nitrogens is 1. The number of aromatic amines is 1. The Kier molecular flexibility index (Phi) is 4.02. The van der Waals surface area contributed by atoms with Crippen molar-refractivity contribution in [2.24, 2.45) is 0 Å². The highest BCUT2D eigenvalue weighted by atomic mass is 16.6. The van der Waals surface area contributed by atoms with Crippen molar-refractivity contribution in [3.8, 4) is 17.1 Å². The average Bonchev–Trinajstić information content (AvgIpc) is 2.79. The maximum absolute atomic E-state index is 12.1. The standard InChI is InChI=1S/C16H20N2O3/c1-10-13(15(19)21-16(2,3)4)18-14(17-10)11-7-6-8-12(9-11)20-5/h6-9H,1-5H3,(H,17,18). The number of hydrogen-bond acceptors (Lipinski definition) is 4. The molecule has 5 heteroatoms. The Labute approximate surface area is 124 Å². The summed E-state index contributed by atoms with van der Waals surface area (Å²) >= 11 is 0. The predicted octanol–water partition coefficient (Wildman–Crippen LogP) is 3.35. The Morgan fingerprint density at radius 2 is 2.00 bits per heavy atom. The second-order valence-electron chi connectivity index (χ2n) is 5.79. The summed E-state index contributed by atoms with van der Waals surface area (Å²) in [6.45, 7) is 7.29. The number of benzene rings is 1. The highest BCUT2D eigenvalue weighted by molar-refractivity contribution is 5.89. The van der Waals surface area contributed by atoms with Gasteiger partial charge in [0.2, 0.25) is 0 Å². The quantitative estimate of drug-likeness (QED) is 0.880. The topological polar surface area (TPSA) is 64.2 Å². The van der Waals surface area contributed by atoms with E-state index in [-0.39, 0.29) is 0 Å². The number of carbonyl (C=O) groups excluding carboxylic acids is 1. The lowest BCUT2D eigenvalue weighted by molar-refractivity contribution is 0.00627. The van der Waals surface area contributed by atoms with Crippen molar-refractivity contribution in [3.05, 3.63) is 35.7 Å². The molecule has 21 heavy (non-hydrogen) atoms. The second-order valence-corrected chi connectivity index (χ2v) is 5.79. The molecule has 1 heterocycles. The minimum Gasteiger partial charge on any atom is -0.497 e. The monoisotopic (exact) mass is 288 g/mol. The zero-order valence-electron chi connectivity index (χ0n) is 13.0. The van der Waals surface area contributed by atoms with Gasteiger partial charge in [-0.2, -0.15) is 0 Å². The summed E-state index contributed by atoms with van der Waals surface area (Å²) in [5, 5.41) is 0. The molecular weight excluding hydrogens is 268 g/mol. The molecule has 0 bridgehead atoms. The van der Waals surface area contributed by atoms with Gasteiger partial charge in [-0.3, -0.25) is 0 Å². The summed E-state index contributed by atoms with van der Waals surface area (Å²) in [6, 6.07) is 7.49. The van der Waals surface area contributed by atoms with Crippen molar-refractivity contribution in [2.75, 3.05) is 7.11 Å². The first-order valence-electron chi connectivity index (χ1n) is 6.74. The van der Waals surface area contributed by atoms with Crippen LogP contribution >= 0.6 is 0 Å². The Morgan fingerprint density at radius 1 is 1.29 bits per heavy atom. The number of rotatable bonds is 3. The van der Waals surface area contributed by atoms with E-state index in [0.717, 1.165) is 11.3 Å². The molecule has 1 aromatic carbocycles. The number of carbonyl (C=O) groups is 1. The molecule has 0 saturated carbocycles. The minimum atomic E-state index is -0.543. The normalized spacial score (nSPS) is 11.3. The van der Waals surface area contributed by atoms with Gasteiger partial charge in [-0.25, -0.2) is 9.78 Å². The number of ether oxygens (including phenoxy) is 2. The van der Waals surface area contributed by atoms with Gasteiger partial charge in [-0.1, -0.05) is 12.1 Å². The largest absolute Gasteiger partial charge is 0.497 e. The molecule has 0 amide bonds. The molecule has 5 nitrogen and oxygen atoms in total. The molecule has 0 saturated heterocycles. The number of esters is 1. The summed E-state index contributed by atoms with van der Waals surface area (Å²) in [6.07, 6.45) is 0. The van der Waals surface area contributed by atoms with Crippen molar-refractivity contribution in [2.45, 2.75) is 33.3 Å². The highest BCUT2D eigenvalue weighted by Gasteiger charge is 2.22. The van der Waals surface area contributed by atoms with Gasteiger partial charge in [0.05, 0.1) is 7.11 Å². The fraction of sp³-hybridized carbons (Fsp3) is 0.375. The van der Waals surface area contributed by atoms with Crippen LogP contribution in [0.4, 0.5) is 0 Å². The van der Waals surface area contributed by atoms with Crippen molar-refractivity contribution < 1.29 is 14.3 Å². The number of imidazole rings is 1. The summed E-state index contributed by atoms with van der Waals surface area (Å²) < 4.78 is 10.5. The van der Waals surface area contributed by atoms with Crippen molar-refractivity contribution >= 4 is 5.97 Å². The highest BCUT2D eigenvalue weighted by Crippen LogP contribution is 2.23. The number of aromatic nitrogens is 2. The predicted molar refractivity (Wildman–Crippen MR) is 80.5 cm³/mol. The summed E-state index contributed by atoms with van der Waals surface area (Å²) in [4.78, 5) is 19.6. The fourth-order valence-corrected chi connectivity index (χ4v) is 1.89. The maximum Gasteiger partial charge on any atom is 0.359 e. The van der Waals surface area contributed by atoms with Crippen LogP contribution in [0, 0.1) is 6.92 Å². The first-order valence-corrected chi connectivity index (χ1v) is 6.74. The summed E-state index contributed by atoms with van der Waals surface area (Å²) in [7, 11) is 1.61. The third kappa shape index (κ3) is 3.62. The number of nitrogens with zero attached hydrogens (tertiary/aromatic N) is 1. The smallest absolute Gasteiger partial charge is 0.359 e. The molecule has 0 aliphatic heterocycles. The molecule has 0 fully saturated rings. The van der Waals surface area contributed by atoms with Crippen LogP contribution in [0.5, 0.6) is 5.75 Å². The molecule has 1 N–H and O–H groups in total. The molecule has 0 radical (unpaired) electrons. The van der Waals surface area contributed by atoms with Crippen LogP contribution in [-0.2, 0) is 4.74 Å². The molecule has 0 spiro atoms. The molecule has 0 aliphatic carbocycles. The lowest BCUT2D eigenvalue weighted by Gasteiger charge is -2.18. The van der Waals surface area contributed by atoms with Gasteiger partial charge in [0.15, 0.2) is 5.69 Å². The van der Waals surface area contributed by atoms with E-state index in [0.29, 0.717) is 17.2 Å². The van der Waals surface area contributed by atoms with Crippen LogP contribution in [-0.4, -0.2) is 28.6 Å². The molecule has 2 aromatic rings. The molecule has 112 valence electrons. The van der Waals surface area contributed by atoms with Crippen LogP contribution in [0.25, 0.3) is 11.4 Å². The molecule has 1 aromatic heterocycles. The van der Waals surface area contributed by atoms with E-state index in [4.69, 9.17) is 9.47 Å². The maximum atomic E-state index is 12.1. The number of hydrogen-bond donors (Lipinski definition) is 1. The Morgan fingerprint density at radius 3 is 2.62 bits per heavy atom. The third-order valence-electron chi connectivity index (χ3n) is 2.82. The van der Waals surface area contributed by atoms with Crippen molar-refractivity contribution in [3.63, 3.8) is 0 Å². The van der Waals surface area contributed by atoms with E-state index < -0.39 is 11.6 Å². The summed E-state index contributed by atoms with van der Waals surface area (Å²) in [5.41, 5.74) is 1.30. The van der Waals surface area contributed by atoms with Gasteiger partial charge in [-0.05, 0) is 39.8 Å². The fourth-order valence-electron chi connectivity index (χ4n) is 1.89. The van der Waals surface area contributed by atoms with Crippen LogP contribution in [0.3, 0.4) is 0 Å². The first-order chi connectivity index (χ1) is 9.80. The van der Waals surface area contributed by atoms with E-state index in [1.54, 1.807) is 14.0 Å². The van der Waals surface area contributed by atoms with Crippen molar-refractivity contribution in [1.29, 1.82) is 0 Å². The third-order valence-corrected chi connectivity index (χ3v) is 2.82. The first kappa shape index (κ1) is 15.1. The van der Waals surface area contributed by atoms with E-state index >= 15 is 0 Å². The zero-order valence-corrected chi connectivity index (χ0v) is 13.0. The van der Waals surface area contributed by atoms with E-state index in [1.165, 1.54) is 0 Å². The number of nitrogens with one attached hydrogen (secondary N) is 1. The molecular formula is C16H20N2O3. The van der Waals surface area contributed by atoms with Gasteiger partial charge >= 0.3 is 5.97 Å². The van der Waals surface area contributed by atoms with Gasteiger partial charge in [0.1, 0.15) is 17.2 Å². The van der Waals surface area contributed by atoms with Gasteiger partial charge in [-0.15, -0.1) is 0 Å². The summed E-state index contributed by atoms with van der Waals surface area (Å²) in [5.74, 6) is 0.929. The number of methoxy groups -OCH3 is 1. The van der Waals surface area contributed by atoms with E-state index in [2.05, 4.69) is 9.97 Å². The Hall–Kier alpha value is -2.30. The minimum absolute atomic E-state index is 0.308. The number of aryl methyl sites for hydroxylation is 1. The van der Waals surface area contributed by atoms with Gasteiger partial charge < -0.3 is 14.5 Å². The molecule has 0 unspecified atom stereocenters. The van der Waals surface area contributed by atoms with E-state index in [1.807, 2.05) is 45.0 Å². The Balaban J connectivity index is 2.32. The van der Waals surface area contributed by atoms with Crippen LogP contribution in [0.15, 0.2) is 24.3 Å².